The van der Waals surface area contributed by atoms with E-state index in [1.54, 1.807) is 0 Å². The van der Waals surface area contributed by atoms with Crippen molar-refractivity contribution in [1.82, 2.24) is 4.98 Å². The fourth-order valence-corrected chi connectivity index (χ4v) is 1.60. The van der Waals surface area contributed by atoms with Crippen LogP contribution >= 0.6 is 0 Å². The van der Waals surface area contributed by atoms with E-state index in [4.69, 9.17) is 5.73 Å². The monoisotopic (exact) mass is 215 g/mol. The van der Waals surface area contributed by atoms with Gasteiger partial charge in [-0.15, -0.1) is 0 Å². The van der Waals surface area contributed by atoms with E-state index < -0.39 is 0 Å². The third-order valence-corrected chi connectivity index (χ3v) is 2.47. The van der Waals surface area contributed by atoms with Gasteiger partial charge in [-0.25, -0.2) is 4.98 Å². The van der Waals surface area contributed by atoms with Gasteiger partial charge in [-0.1, -0.05) is 30.3 Å². The molecule has 2 aromatic rings. The molecule has 0 saturated heterocycles. The van der Waals surface area contributed by atoms with Gasteiger partial charge in [0.05, 0.1) is 6.20 Å². The van der Waals surface area contributed by atoms with Gasteiger partial charge in [0.1, 0.15) is 0 Å². The molecule has 4 heteroatoms. The molecule has 16 heavy (non-hydrogen) atoms. The molecule has 0 fully saturated rings. The standard InChI is InChI=1S/C12H13N3O/c13-12-11(15(16)9-8-14-12)7-6-10-4-2-1-3-5-10/h1-5,8-9H,6-7H2,(H2,13,14). The van der Waals surface area contributed by atoms with Gasteiger partial charge in [-0.2, -0.15) is 4.73 Å². The minimum Gasteiger partial charge on any atom is -0.618 e. The first-order valence-electron chi connectivity index (χ1n) is 5.14. The second-order valence-electron chi connectivity index (χ2n) is 3.57. The maximum Gasteiger partial charge on any atom is 0.235 e. The molecule has 0 aliphatic carbocycles. The Morgan fingerprint density at radius 2 is 1.94 bits per heavy atom. The zero-order chi connectivity index (χ0) is 11.4. The van der Waals surface area contributed by atoms with E-state index >= 15 is 0 Å². The molecule has 0 spiro atoms. The maximum atomic E-state index is 11.5. The smallest absolute Gasteiger partial charge is 0.235 e. The van der Waals surface area contributed by atoms with Gasteiger partial charge in [0.2, 0.25) is 5.69 Å². The van der Waals surface area contributed by atoms with Crippen LogP contribution in [0, 0.1) is 5.21 Å². The van der Waals surface area contributed by atoms with Crippen LogP contribution in [0.25, 0.3) is 0 Å². The van der Waals surface area contributed by atoms with E-state index in [0.29, 0.717) is 17.9 Å². The summed E-state index contributed by atoms with van der Waals surface area (Å²) in [5.41, 5.74) is 7.37. The molecule has 2 N–H and O–H groups in total. The molecule has 0 aliphatic rings. The first-order chi connectivity index (χ1) is 7.77. The van der Waals surface area contributed by atoms with Crippen molar-refractivity contribution >= 4 is 5.82 Å². The van der Waals surface area contributed by atoms with E-state index in [1.165, 1.54) is 18.0 Å². The highest BCUT2D eigenvalue weighted by Gasteiger charge is 2.10. The maximum absolute atomic E-state index is 11.5. The van der Waals surface area contributed by atoms with Crippen molar-refractivity contribution in [2.75, 3.05) is 5.73 Å². The van der Waals surface area contributed by atoms with Crippen LogP contribution < -0.4 is 10.5 Å². The van der Waals surface area contributed by atoms with Crippen LogP contribution in [0.2, 0.25) is 0 Å². The molecular formula is C12H13N3O. The molecule has 1 heterocycles. The Hall–Kier alpha value is -2.10. The van der Waals surface area contributed by atoms with Gasteiger partial charge >= 0.3 is 0 Å². The van der Waals surface area contributed by atoms with Crippen LogP contribution in [0.4, 0.5) is 5.82 Å². The molecule has 1 aromatic carbocycles. The van der Waals surface area contributed by atoms with Crippen LogP contribution in [0.1, 0.15) is 11.3 Å². The fraction of sp³-hybridized carbons (Fsp3) is 0.167. The normalized spacial score (nSPS) is 10.2. The molecule has 0 radical (unpaired) electrons. The molecule has 0 unspecified atom stereocenters. The Kier molecular flexibility index (Phi) is 3.00. The van der Waals surface area contributed by atoms with E-state index in [1.807, 2.05) is 30.3 Å². The summed E-state index contributed by atoms with van der Waals surface area (Å²) in [6, 6.07) is 9.99. The molecule has 82 valence electrons. The molecule has 0 bridgehead atoms. The number of nitrogens with two attached hydrogens (primary N) is 1. The van der Waals surface area contributed by atoms with Crippen molar-refractivity contribution in [2.45, 2.75) is 12.8 Å². The van der Waals surface area contributed by atoms with Crippen LogP contribution in [0.5, 0.6) is 0 Å². The van der Waals surface area contributed by atoms with Gasteiger partial charge in [-0.3, -0.25) is 0 Å². The van der Waals surface area contributed by atoms with E-state index in [0.717, 1.165) is 11.2 Å². The number of rotatable bonds is 3. The number of aryl methyl sites for hydroxylation is 1. The summed E-state index contributed by atoms with van der Waals surface area (Å²) in [5, 5.41) is 11.5. The minimum absolute atomic E-state index is 0.313. The van der Waals surface area contributed by atoms with Crippen molar-refractivity contribution in [2.24, 2.45) is 0 Å². The van der Waals surface area contributed by atoms with Crippen molar-refractivity contribution < 1.29 is 4.73 Å². The van der Waals surface area contributed by atoms with Crippen molar-refractivity contribution in [3.05, 3.63) is 59.2 Å². The number of aromatic nitrogens is 2. The summed E-state index contributed by atoms with van der Waals surface area (Å²) in [5.74, 6) is 0.313. The molecular weight excluding hydrogens is 202 g/mol. The lowest BCUT2D eigenvalue weighted by Crippen LogP contribution is -2.33. The molecule has 0 atom stereocenters. The number of nitrogens with zero attached hydrogens (tertiary/aromatic N) is 2. The SMILES string of the molecule is Nc1ncc[n+]([O-])c1CCc1ccccc1. The number of hydrogen-bond donors (Lipinski definition) is 1. The molecule has 4 nitrogen and oxygen atoms in total. The zero-order valence-corrected chi connectivity index (χ0v) is 8.84. The minimum atomic E-state index is 0.313. The Bertz CT molecular complexity index is 451. The average molecular weight is 215 g/mol. The predicted molar refractivity (Wildman–Crippen MR) is 61.5 cm³/mol. The van der Waals surface area contributed by atoms with Crippen molar-refractivity contribution in [3.63, 3.8) is 0 Å². The summed E-state index contributed by atoms with van der Waals surface area (Å²) in [4.78, 5) is 3.91. The number of benzene rings is 1. The molecule has 0 aliphatic heterocycles. The van der Waals surface area contributed by atoms with Gasteiger partial charge in [0.25, 0.3) is 0 Å². The lowest BCUT2D eigenvalue weighted by molar-refractivity contribution is -0.613. The Morgan fingerprint density at radius 3 is 2.62 bits per heavy atom. The van der Waals surface area contributed by atoms with Gasteiger partial charge in [-0.05, 0) is 12.0 Å². The lowest BCUT2D eigenvalue weighted by atomic mass is 10.1. The number of nitrogen functional groups attached to an aromatic ring is 1. The van der Waals surface area contributed by atoms with Gasteiger partial charge in [0.15, 0.2) is 12.0 Å². The molecule has 0 amide bonds. The highest BCUT2D eigenvalue weighted by Crippen LogP contribution is 2.07. The van der Waals surface area contributed by atoms with E-state index in [9.17, 15) is 5.21 Å². The fourth-order valence-electron chi connectivity index (χ4n) is 1.60. The topological polar surface area (TPSA) is 65.8 Å². The average Bonchev–Trinajstić information content (AvgIpc) is 2.30. The Morgan fingerprint density at radius 1 is 1.19 bits per heavy atom. The van der Waals surface area contributed by atoms with Crippen molar-refractivity contribution in [1.29, 1.82) is 0 Å². The zero-order valence-electron chi connectivity index (χ0n) is 8.84. The Balaban J connectivity index is 2.11. The highest BCUT2D eigenvalue weighted by molar-refractivity contribution is 5.30. The summed E-state index contributed by atoms with van der Waals surface area (Å²) < 4.78 is 0.783. The van der Waals surface area contributed by atoms with Crippen molar-refractivity contribution in [3.8, 4) is 0 Å². The second-order valence-corrected chi connectivity index (χ2v) is 3.57. The molecule has 1 aromatic heterocycles. The van der Waals surface area contributed by atoms with E-state index in [-0.39, 0.29) is 0 Å². The first-order valence-corrected chi connectivity index (χ1v) is 5.14. The van der Waals surface area contributed by atoms with Gasteiger partial charge in [0, 0.05) is 6.42 Å². The summed E-state index contributed by atoms with van der Waals surface area (Å²) in [7, 11) is 0. The van der Waals surface area contributed by atoms with E-state index in [2.05, 4.69) is 4.98 Å². The number of anilines is 1. The quantitative estimate of drug-likeness (QED) is 0.615. The van der Waals surface area contributed by atoms with Crippen LogP contribution in [0.3, 0.4) is 0 Å². The lowest BCUT2D eigenvalue weighted by Gasteiger charge is -2.05. The second kappa shape index (κ2) is 4.61. The highest BCUT2D eigenvalue weighted by atomic mass is 16.5. The summed E-state index contributed by atoms with van der Waals surface area (Å²) in [6.45, 7) is 0. The molecule has 0 saturated carbocycles. The number of hydrogen-bond acceptors (Lipinski definition) is 3. The first kappa shape index (κ1) is 10.4. The largest absolute Gasteiger partial charge is 0.618 e. The molecule has 2 rings (SSSR count). The third kappa shape index (κ3) is 2.28. The van der Waals surface area contributed by atoms with Crippen LogP contribution in [-0.2, 0) is 12.8 Å². The third-order valence-electron chi connectivity index (χ3n) is 2.47. The Labute approximate surface area is 94.0 Å². The van der Waals surface area contributed by atoms with Crippen LogP contribution in [-0.4, -0.2) is 4.98 Å². The summed E-state index contributed by atoms with van der Waals surface area (Å²) in [6.07, 6.45) is 4.18. The van der Waals surface area contributed by atoms with Gasteiger partial charge < -0.3 is 10.9 Å². The summed E-state index contributed by atoms with van der Waals surface area (Å²) >= 11 is 0. The predicted octanol–water partition coefficient (Wildman–Crippen LogP) is 1.08. The van der Waals surface area contributed by atoms with Crippen LogP contribution in [0.15, 0.2) is 42.7 Å².